The zero-order valence-corrected chi connectivity index (χ0v) is 9.35. The number of hydrogen-bond donors (Lipinski definition) is 0. The Morgan fingerprint density at radius 2 is 2.50 bits per heavy atom. The lowest BCUT2D eigenvalue weighted by Crippen LogP contribution is -1.99. The number of nitrogens with zero attached hydrogens (tertiary/aromatic N) is 3. The molecule has 2 atom stereocenters. The molecule has 2 rings (SSSR count). The zero-order chi connectivity index (χ0) is 11.4. The van der Waals surface area contributed by atoms with E-state index >= 15 is 0 Å². The van der Waals surface area contributed by atoms with Crippen molar-refractivity contribution in [1.82, 2.24) is 10.1 Å². The van der Waals surface area contributed by atoms with Crippen LogP contribution in [0.4, 0.5) is 0 Å². The Kier molecular flexibility index (Phi) is 3.52. The molecule has 0 N–H and O–H groups in total. The second kappa shape index (κ2) is 5.08. The van der Waals surface area contributed by atoms with Crippen LogP contribution < -0.4 is 0 Å². The lowest BCUT2D eigenvalue weighted by molar-refractivity contribution is 0.103. The van der Waals surface area contributed by atoms with Crippen molar-refractivity contribution in [3.63, 3.8) is 0 Å². The fourth-order valence-corrected chi connectivity index (χ4v) is 1.76. The van der Waals surface area contributed by atoms with Crippen molar-refractivity contribution in [3.8, 4) is 6.07 Å². The molecule has 1 aliphatic rings. The van der Waals surface area contributed by atoms with Gasteiger partial charge in [0.1, 0.15) is 6.10 Å². The predicted octanol–water partition coefficient (Wildman–Crippen LogP) is 2.33. The van der Waals surface area contributed by atoms with Crippen molar-refractivity contribution in [1.29, 1.82) is 5.26 Å². The highest BCUT2D eigenvalue weighted by Gasteiger charge is 2.24. The molecule has 1 aliphatic heterocycles. The molecule has 0 aliphatic carbocycles. The normalized spacial score (nSPS) is 21.9. The van der Waals surface area contributed by atoms with Crippen molar-refractivity contribution < 1.29 is 9.26 Å². The maximum Gasteiger partial charge on any atom is 0.229 e. The van der Waals surface area contributed by atoms with Crippen LogP contribution in [0.1, 0.15) is 56.3 Å². The molecule has 1 aromatic rings. The van der Waals surface area contributed by atoms with Gasteiger partial charge >= 0.3 is 0 Å². The van der Waals surface area contributed by atoms with E-state index in [1.54, 1.807) is 0 Å². The van der Waals surface area contributed by atoms with E-state index < -0.39 is 0 Å². The molecule has 1 fully saturated rings. The third-order valence-electron chi connectivity index (χ3n) is 2.79. The van der Waals surface area contributed by atoms with Gasteiger partial charge in [-0.2, -0.15) is 10.2 Å². The minimum atomic E-state index is 0.000617. The summed E-state index contributed by atoms with van der Waals surface area (Å²) in [6, 6.07) is 2.12. The maximum atomic E-state index is 8.50. The van der Waals surface area contributed by atoms with E-state index in [4.69, 9.17) is 14.5 Å². The van der Waals surface area contributed by atoms with Crippen LogP contribution >= 0.6 is 0 Å². The average Bonchev–Trinajstić information content (AvgIpc) is 2.94. The average molecular weight is 221 g/mol. The monoisotopic (exact) mass is 221 g/mol. The number of aromatic nitrogens is 2. The zero-order valence-electron chi connectivity index (χ0n) is 9.35. The summed E-state index contributed by atoms with van der Waals surface area (Å²) in [4.78, 5) is 4.33. The molecular formula is C11H15N3O2. The summed E-state index contributed by atoms with van der Waals surface area (Å²) in [7, 11) is 0. The second-order valence-electron chi connectivity index (χ2n) is 4.09. The van der Waals surface area contributed by atoms with Crippen LogP contribution in [-0.2, 0) is 4.74 Å². The highest BCUT2D eigenvalue weighted by atomic mass is 16.5. The van der Waals surface area contributed by atoms with Gasteiger partial charge in [0.25, 0.3) is 0 Å². The van der Waals surface area contributed by atoms with Crippen LogP contribution in [0.25, 0.3) is 0 Å². The summed E-state index contributed by atoms with van der Waals surface area (Å²) < 4.78 is 10.7. The third-order valence-corrected chi connectivity index (χ3v) is 2.79. The highest BCUT2D eigenvalue weighted by molar-refractivity contribution is 4.97. The van der Waals surface area contributed by atoms with E-state index in [0.29, 0.717) is 18.1 Å². The van der Waals surface area contributed by atoms with Gasteiger partial charge in [-0.25, -0.2) is 0 Å². The molecule has 1 aromatic heterocycles. The summed E-state index contributed by atoms with van der Waals surface area (Å²) >= 11 is 0. The first kappa shape index (κ1) is 11.1. The third kappa shape index (κ3) is 2.39. The first-order valence-electron chi connectivity index (χ1n) is 5.63. The van der Waals surface area contributed by atoms with Gasteiger partial charge in [0.2, 0.25) is 11.7 Å². The standard InChI is InChI=1S/C11H15N3O2/c1-8(4-2-6-12)11-13-10(14-16-11)9-5-3-7-15-9/h8-9H,2-5,7H2,1H3. The minimum Gasteiger partial charge on any atom is -0.370 e. The van der Waals surface area contributed by atoms with Crippen LogP contribution in [0.3, 0.4) is 0 Å². The van der Waals surface area contributed by atoms with E-state index in [1.807, 2.05) is 6.92 Å². The SMILES string of the molecule is CC(CCC#N)c1nc(C2CCCO2)no1. The molecular weight excluding hydrogens is 206 g/mol. The van der Waals surface area contributed by atoms with Gasteiger partial charge in [-0.3, -0.25) is 0 Å². The second-order valence-corrected chi connectivity index (χ2v) is 4.09. The van der Waals surface area contributed by atoms with Gasteiger partial charge in [0.15, 0.2) is 0 Å². The summed E-state index contributed by atoms with van der Waals surface area (Å²) in [5.74, 6) is 1.40. The van der Waals surface area contributed by atoms with Crippen molar-refractivity contribution >= 4 is 0 Å². The molecule has 0 amide bonds. The molecule has 0 saturated carbocycles. The molecule has 1 saturated heterocycles. The van der Waals surface area contributed by atoms with Crippen LogP contribution in [0, 0.1) is 11.3 Å². The number of nitriles is 1. The minimum absolute atomic E-state index is 0.000617. The first-order chi connectivity index (χ1) is 7.81. The molecule has 0 bridgehead atoms. The smallest absolute Gasteiger partial charge is 0.229 e. The van der Waals surface area contributed by atoms with Gasteiger partial charge in [0.05, 0.1) is 6.07 Å². The summed E-state index contributed by atoms with van der Waals surface area (Å²) in [6.45, 7) is 2.77. The van der Waals surface area contributed by atoms with Crippen molar-refractivity contribution in [3.05, 3.63) is 11.7 Å². The Hall–Kier alpha value is -1.41. The molecule has 2 unspecified atom stereocenters. The predicted molar refractivity (Wildman–Crippen MR) is 55.5 cm³/mol. The Morgan fingerprint density at radius 3 is 3.19 bits per heavy atom. The van der Waals surface area contributed by atoms with E-state index in [2.05, 4.69) is 16.2 Å². The molecule has 0 spiro atoms. The molecule has 5 nitrogen and oxygen atoms in total. The Balaban J connectivity index is 1.98. The topological polar surface area (TPSA) is 71.9 Å². The Labute approximate surface area is 94.4 Å². The van der Waals surface area contributed by atoms with Gasteiger partial charge in [-0.05, 0) is 19.3 Å². The number of ether oxygens (including phenoxy) is 1. The first-order valence-corrected chi connectivity index (χ1v) is 5.63. The van der Waals surface area contributed by atoms with Crippen LogP contribution in [0.15, 0.2) is 4.52 Å². The van der Waals surface area contributed by atoms with E-state index in [9.17, 15) is 0 Å². The van der Waals surface area contributed by atoms with E-state index in [0.717, 1.165) is 25.9 Å². The molecule has 0 radical (unpaired) electrons. The Morgan fingerprint density at radius 1 is 1.62 bits per heavy atom. The maximum absolute atomic E-state index is 8.50. The van der Waals surface area contributed by atoms with E-state index in [-0.39, 0.29) is 12.0 Å². The molecule has 86 valence electrons. The Bertz CT molecular complexity index is 377. The number of hydrogen-bond acceptors (Lipinski definition) is 5. The summed E-state index contributed by atoms with van der Waals surface area (Å²) in [6.07, 6.45) is 3.28. The molecule has 5 heteroatoms. The molecule has 16 heavy (non-hydrogen) atoms. The van der Waals surface area contributed by atoms with Crippen LogP contribution in [0.2, 0.25) is 0 Å². The lowest BCUT2D eigenvalue weighted by Gasteiger charge is -2.02. The van der Waals surface area contributed by atoms with Crippen LogP contribution in [-0.4, -0.2) is 16.7 Å². The summed E-state index contributed by atoms with van der Waals surface area (Å²) in [5.41, 5.74) is 0. The van der Waals surface area contributed by atoms with Crippen molar-refractivity contribution in [2.45, 2.75) is 44.6 Å². The van der Waals surface area contributed by atoms with Gasteiger partial charge in [0, 0.05) is 18.9 Å². The summed E-state index contributed by atoms with van der Waals surface area (Å²) in [5, 5.41) is 12.4. The largest absolute Gasteiger partial charge is 0.370 e. The fourth-order valence-electron chi connectivity index (χ4n) is 1.76. The van der Waals surface area contributed by atoms with E-state index in [1.165, 1.54) is 0 Å². The number of rotatable bonds is 4. The van der Waals surface area contributed by atoms with Crippen LogP contribution in [0.5, 0.6) is 0 Å². The lowest BCUT2D eigenvalue weighted by atomic mass is 10.1. The van der Waals surface area contributed by atoms with Crippen molar-refractivity contribution in [2.24, 2.45) is 0 Å². The van der Waals surface area contributed by atoms with Crippen molar-refractivity contribution in [2.75, 3.05) is 6.61 Å². The molecule has 2 heterocycles. The molecule has 0 aromatic carbocycles. The van der Waals surface area contributed by atoms with Gasteiger partial charge < -0.3 is 9.26 Å². The highest BCUT2D eigenvalue weighted by Crippen LogP contribution is 2.28. The van der Waals surface area contributed by atoms with Gasteiger partial charge in [-0.1, -0.05) is 12.1 Å². The quantitative estimate of drug-likeness (QED) is 0.780. The fraction of sp³-hybridized carbons (Fsp3) is 0.727. The van der Waals surface area contributed by atoms with Gasteiger partial charge in [-0.15, -0.1) is 0 Å².